The second kappa shape index (κ2) is 7.73. The number of non-ortho nitro benzene ring substituents is 1. The lowest BCUT2D eigenvalue weighted by Crippen LogP contribution is -2.25. The molecule has 0 radical (unpaired) electrons. The maximum Gasteiger partial charge on any atom is 0.270 e. The third-order valence-corrected chi connectivity index (χ3v) is 3.12. The molecule has 0 saturated heterocycles. The molecule has 0 aliphatic rings. The first kappa shape index (κ1) is 16.9. The first-order valence-corrected chi connectivity index (χ1v) is 7.05. The number of phenols is 1. The number of benzene rings is 2. The Balaban J connectivity index is 1.89. The third kappa shape index (κ3) is 4.80. The monoisotopic (exact) mass is 328 g/mol. The summed E-state index contributed by atoms with van der Waals surface area (Å²) in [6, 6.07) is 11.1. The SMILES string of the molecule is Cc1ccc(NCC(=O)N/N=C/c2cc([N+](=O)[O-])ccc2O)cc1. The quantitative estimate of drug-likeness (QED) is 0.427. The molecule has 0 aliphatic carbocycles. The zero-order valence-corrected chi connectivity index (χ0v) is 12.9. The van der Waals surface area contributed by atoms with Gasteiger partial charge < -0.3 is 10.4 Å². The van der Waals surface area contributed by atoms with Crippen LogP contribution in [0.15, 0.2) is 47.6 Å². The normalized spacial score (nSPS) is 10.5. The van der Waals surface area contributed by atoms with E-state index in [1.54, 1.807) is 0 Å². The number of anilines is 1. The number of amides is 1. The van der Waals surface area contributed by atoms with Crippen LogP contribution in [0.3, 0.4) is 0 Å². The Morgan fingerprint density at radius 2 is 2.00 bits per heavy atom. The van der Waals surface area contributed by atoms with Gasteiger partial charge in [0.15, 0.2) is 0 Å². The van der Waals surface area contributed by atoms with Crippen LogP contribution in [0.2, 0.25) is 0 Å². The Hall–Kier alpha value is -3.42. The van der Waals surface area contributed by atoms with Crippen LogP contribution in [-0.4, -0.2) is 28.7 Å². The van der Waals surface area contributed by atoms with Gasteiger partial charge in [0, 0.05) is 23.4 Å². The molecule has 0 fully saturated rings. The minimum absolute atomic E-state index is 0.0152. The number of nitrogens with one attached hydrogen (secondary N) is 2. The fourth-order valence-corrected chi connectivity index (χ4v) is 1.83. The maximum atomic E-state index is 11.7. The molecule has 0 heterocycles. The number of carbonyl (C=O) groups excluding carboxylic acids is 1. The van der Waals surface area contributed by atoms with Crippen molar-refractivity contribution in [3.05, 3.63) is 63.7 Å². The van der Waals surface area contributed by atoms with Crippen LogP contribution in [0.5, 0.6) is 5.75 Å². The molecule has 3 N–H and O–H groups in total. The van der Waals surface area contributed by atoms with Crippen LogP contribution in [0.25, 0.3) is 0 Å². The van der Waals surface area contributed by atoms with Gasteiger partial charge in [-0.2, -0.15) is 5.10 Å². The Labute approximate surface area is 138 Å². The third-order valence-electron chi connectivity index (χ3n) is 3.12. The molecule has 0 atom stereocenters. The Morgan fingerprint density at radius 1 is 1.29 bits per heavy atom. The minimum atomic E-state index is -0.582. The minimum Gasteiger partial charge on any atom is -0.507 e. The van der Waals surface area contributed by atoms with E-state index < -0.39 is 10.8 Å². The summed E-state index contributed by atoms with van der Waals surface area (Å²) in [5.74, 6) is -0.562. The highest BCUT2D eigenvalue weighted by molar-refractivity contribution is 5.86. The molecule has 0 bridgehead atoms. The van der Waals surface area contributed by atoms with Gasteiger partial charge in [0.25, 0.3) is 11.6 Å². The number of aromatic hydroxyl groups is 1. The van der Waals surface area contributed by atoms with Crippen molar-refractivity contribution in [2.75, 3.05) is 11.9 Å². The maximum absolute atomic E-state index is 11.7. The number of carbonyl (C=O) groups is 1. The number of nitro benzene ring substituents is 1. The van der Waals surface area contributed by atoms with E-state index in [0.717, 1.165) is 23.5 Å². The van der Waals surface area contributed by atoms with Gasteiger partial charge in [-0.05, 0) is 25.1 Å². The first-order chi connectivity index (χ1) is 11.5. The van der Waals surface area contributed by atoms with Crippen molar-refractivity contribution in [3.8, 4) is 5.75 Å². The Bertz CT molecular complexity index is 772. The van der Waals surface area contributed by atoms with Crippen molar-refractivity contribution in [1.82, 2.24) is 5.43 Å². The van der Waals surface area contributed by atoms with E-state index in [1.165, 1.54) is 12.1 Å². The number of phenolic OH excluding ortho intramolecular Hbond substituents is 1. The highest BCUT2D eigenvalue weighted by Crippen LogP contribution is 2.21. The molecular weight excluding hydrogens is 312 g/mol. The molecule has 0 aromatic heterocycles. The average Bonchev–Trinajstić information content (AvgIpc) is 2.56. The number of nitro groups is 1. The van der Waals surface area contributed by atoms with Gasteiger partial charge in [-0.1, -0.05) is 17.7 Å². The van der Waals surface area contributed by atoms with Gasteiger partial charge >= 0.3 is 0 Å². The predicted octanol–water partition coefficient (Wildman–Crippen LogP) is 2.17. The number of hydrogen-bond donors (Lipinski definition) is 3. The fourth-order valence-electron chi connectivity index (χ4n) is 1.83. The van der Waals surface area contributed by atoms with Crippen LogP contribution in [0.1, 0.15) is 11.1 Å². The summed E-state index contributed by atoms with van der Waals surface area (Å²) in [6.07, 6.45) is 1.14. The second-order valence-electron chi connectivity index (χ2n) is 5.01. The topological polar surface area (TPSA) is 117 Å². The molecule has 0 saturated carbocycles. The van der Waals surface area contributed by atoms with Gasteiger partial charge in [-0.25, -0.2) is 5.43 Å². The molecule has 24 heavy (non-hydrogen) atoms. The van der Waals surface area contributed by atoms with Crippen LogP contribution in [0.4, 0.5) is 11.4 Å². The molecule has 2 rings (SSSR count). The van der Waals surface area contributed by atoms with E-state index in [1.807, 2.05) is 31.2 Å². The summed E-state index contributed by atoms with van der Waals surface area (Å²) < 4.78 is 0. The lowest BCUT2D eigenvalue weighted by atomic mass is 10.2. The van der Waals surface area contributed by atoms with E-state index in [-0.39, 0.29) is 23.5 Å². The first-order valence-electron chi connectivity index (χ1n) is 7.05. The van der Waals surface area contributed by atoms with Gasteiger partial charge in [-0.15, -0.1) is 0 Å². The Morgan fingerprint density at radius 3 is 2.67 bits per heavy atom. The van der Waals surface area contributed by atoms with Crippen LogP contribution in [-0.2, 0) is 4.79 Å². The fraction of sp³-hybridized carbons (Fsp3) is 0.125. The van der Waals surface area contributed by atoms with E-state index in [0.29, 0.717) is 0 Å². The van der Waals surface area contributed by atoms with Crippen LogP contribution in [0, 0.1) is 17.0 Å². The van der Waals surface area contributed by atoms with Gasteiger partial charge in [0.2, 0.25) is 0 Å². The predicted molar refractivity (Wildman–Crippen MR) is 90.2 cm³/mol. The van der Waals surface area contributed by atoms with Crippen molar-refractivity contribution >= 4 is 23.5 Å². The molecule has 0 aliphatic heterocycles. The molecule has 2 aromatic rings. The van der Waals surface area contributed by atoms with Crippen molar-refractivity contribution in [3.63, 3.8) is 0 Å². The van der Waals surface area contributed by atoms with Crippen LogP contribution < -0.4 is 10.7 Å². The summed E-state index contributed by atoms with van der Waals surface area (Å²) in [5, 5.41) is 26.9. The van der Waals surface area contributed by atoms with E-state index in [2.05, 4.69) is 15.8 Å². The molecule has 8 nitrogen and oxygen atoms in total. The standard InChI is InChI=1S/C16H16N4O4/c1-11-2-4-13(5-3-11)17-10-16(22)19-18-9-12-8-14(20(23)24)6-7-15(12)21/h2-9,17,21H,10H2,1H3,(H,19,22)/b18-9+. The highest BCUT2D eigenvalue weighted by atomic mass is 16.6. The lowest BCUT2D eigenvalue weighted by molar-refractivity contribution is -0.384. The second-order valence-corrected chi connectivity index (χ2v) is 5.01. The zero-order chi connectivity index (χ0) is 17.5. The van der Waals surface area contributed by atoms with Crippen LogP contribution >= 0.6 is 0 Å². The van der Waals surface area contributed by atoms with Crippen molar-refractivity contribution in [1.29, 1.82) is 0 Å². The largest absolute Gasteiger partial charge is 0.507 e. The van der Waals surface area contributed by atoms with Gasteiger partial charge in [0.1, 0.15) is 5.75 Å². The number of nitrogens with zero attached hydrogens (tertiary/aromatic N) is 2. The van der Waals surface area contributed by atoms with E-state index >= 15 is 0 Å². The van der Waals surface area contributed by atoms with Gasteiger partial charge in [0.05, 0.1) is 17.7 Å². The number of hydrazone groups is 1. The summed E-state index contributed by atoms with van der Waals surface area (Å²) in [7, 11) is 0. The molecular formula is C16H16N4O4. The van der Waals surface area contributed by atoms with Crippen molar-refractivity contribution < 1.29 is 14.8 Å². The summed E-state index contributed by atoms with van der Waals surface area (Å²) in [4.78, 5) is 21.8. The zero-order valence-electron chi connectivity index (χ0n) is 12.9. The summed E-state index contributed by atoms with van der Waals surface area (Å²) in [6.45, 7) is 1.98. The number of rotatable bonds is 6. The summed E-state index contributed by atoms with van der Waals surface area (Å²) in [5.41, 5.74) is 4.15. The van der Waals surface area contributed by atoms with E-state index in [4.69, 9.17) is 0 Å². The van der Waals surface area contributed by atoms with Gasteiger partial charge in [-0.3, -0.25) is 14.9 Å². The van der Waals surface area contributed by atoms with Crippen molar-refractivity contribution in [2.45, 2.75) is 6.92 Å². The molecule has 0 spiro atoms. The van der Waals surface area contributed by atoms with Crippen molar-refractivity contribution in [2.24, 2.45) is 5.10 Å². The average molecular weight is 328 g/mol. The Kier molecular flexibility index (Phi) is 5.45. The number of aryl methyl sites for hydroxylation is 1. The highest BCUT2D eigenvalue weighted by Gasteiger charge is 2.08. The smallest absolute Gasteiger partial charge is 0.270 e. The molecule has 2 aromatic carbocycles. The molecule has 8 heteroatoms. The van der Waals surface area contributed by atoms with E-state index in [9.17, 15) is 20.0 Å². The number of hydrogen-bond acceptors (Lipinski definition) is 6. The summed E-state index contributed by atoms with van der Waals surface area (Å²) >= 11 is 0. The molecule has 0 unspecified atom stereocenters. The molecule has 1 amide bonds. The lowest BCUT2D eigenvalue weighted by Gasteiger charge is -2.05. The molecule has 124 valence electrons.